The van der Waals surface area contributed by atoms with Gasteiger partial charge in [-0.3, -0.25) is 13.9 Å². The average molecular weight is 595 g/mol. The summed E-state index contributed by atoms with van der Waals surface area (Å²) in [4.78, 5) is 37.1. The highest BCUT2D eigenvalue weighted by Crippen LogP contribution is 2.29. The standard InChI is InChI=1S/C33H38N8O3/c1-5-24-30-25(37-31(42)27-20-34-28-13-6-7-17-40(27)28)11-9-12-26(30)41(38-24)21-23-10-8-14-29(35-23)39-18-15-22(16-19-39)36-32(43)44-33(2,3)4/h6-14,17,20,22H,5,15-16,18-19,21H2,1-4H3,(H,36,43)(H,37,42). The van der Waals surface area contributed by atoms with Crippen LogP contribution in [0.2, 0.25) is 0 Å². The Morgan fingerprint density at radius 2 is 1.82 bits per heavy atom. The molecule has 11 heteroatoms. The Bertz CT molecular complexity index is 1810. The number of anilines is 2. The van der Waals surface area contributed by atoms with E-state index in [9.17, 15) is 9.59 Å². The number of rotatable bonds is 7. The zero-order chi connectivity index (χ0) is 30.8. The average Bonchev–Trinajstić information content (AvgIpc) is 3.59. The molecule has 4 aromatic heterocycles. The van der Waals surface area contributed by atoms with Crippen molar-refractivity contribution < 1.29 is 14.3 Å². The number of aryl methyl sites for hydroxylation is 1. The van der Waals surface area contributed by atoms with Gasteiger partial charge in [0.15, 0.2) is 0 Å². The van der Waals surface area contributed by atoms with Crippen LogP contribution in [-0.4, -0.2) is 60.9 Å². The van der Waals surface area contributed by atoms with Gasteiger partial charge in [-0.1, -0.05) is 25.1 Å². The fourth-order valence-corrected chi connectivity index (χ4v) is 5.68. The first-order valence-electron chi connectivity index (χ1n) is 15.1. The van der Waals surface area contributed by atoms with Crippen LogP contribution in [0.15, 0.2) is 67.0 Å². The Labute approximate surface area is 256 Å². The van der Waals surface area contributed by atoms with Crippen LogP contribution in [0.25, 0.3) is 16.6 Å². The Morgan fingerprint density at radius 3 is 2.59 bits per heavy atom. The van der Waals surface area contributed by atoms with Crippen molar-refractivity contribution in [2.75, 3.05) is 23.3 Å². The van der Waals surface area contributed by atoms with Crippen molar-refractivity contribution in [2.24, 2.45) is 0 Å². The third-order valence-corrected chi connectivity index (χ3v) is 7.73. The van der Waals surface area contributed by atoms with Crippen molar-refractivity contribution in [3.63, 3.8) is 0 Å². The molecule has 0 bridgehead atoms. The second kappa shape index (κ2) is 12.0. The normalized spacial score (nSPS) is 14.2. The van der Waals surface area contributed by atoms with E-state index < -0.39 is 5.60 Å². The van der Waals surface area contributed by atoms with Gasteiger partial charge >= 0.3 is 6.09 Å². The summed E-state index contributed by atoms with van der Waals surface area (Å²) >= 11 is 0. The molecule has 44 heavy (non-hydrogen) atoms. The van der Waals surface area contributed by atoms with Crippen LogP contribution in [0.3, 0.4) is 0 Å². The first-order chi connectivity index (χ1) is 21.2. The van der Waals surface area contributed by atoms with Crippen LogP contribution in [-0.2, 0) is 17.7 Å². The Morgan fingerprint density at radius 1 is 1.02 bits per heavy atom. The molecule has 0 aliphatic carbocycles. The van der Waals surface area contributed by atoms with E-state index in [-0.39, 0.29) is 18.0 Å². The maximum Gasteiger partial charge on any atom is 0.407 e. The molecule has 1 aromatic carbocycles. The number of amides is 2. The van der Waals surface area contributed by atoms with Gasteiger partial charge < -0.3 is 20.3 Å². The molecule has 0 atom stereocenters. The molecule has 0 spiro atoms. The van der Waals surface area contributed by atoms with E-state index >= 15 is 0 Å². The Kier molecular flexibility index (Phi) is 7.94. The van der Waals surface area contributed by atoms with Crippen molar-refractivity contribution in [1.82, 2.24) is 29.5 Å². The minimum Gasteiger partial charge on any atom is -0.444 e. The van der Waals surface area contributed by atoms with Gasteiger partial charge in [-0.25, -0.2) is 14.8 Å². The van der Waals surface area contributed by atoms with Crippen molar-refractivity contribution in [3.05, 3.63) is 84.1 Å². The lowest BCUT2D eigenvalue weighted by molar-refractivity contribution is 0.0497. The SMILES string of the molecule is CCc1nn(Cc2cccc(N3CCC(NC(=O)OC(C)(C)C)CC3)n2)c2cccc(NC(=O)c3cnc4ccccn34)c12. The third-order valence-electron chi connectivity index (χ3n) is 7.73. The molecule has 1 saturated heterocycles. The minimum atomic E-state index is -0.515. The lowest BCUT2D eigenvalue weighted by Crippen LogP contribution is -2.46. The quantitative estimate of drug-likeness (QED) is 0.258. The van der Waals surface area contributed by atoms with E-state index in [4.69, 9.17) is 14.8 Å². The molecule has 5 aromatic rings. The summed E-state index contributed by atoms with van der Waals surface area (Å²) in [5, 5.41) is 12.0. The number of hydrogen-bond donors (Lipinski definition) is 2. The molecule has 2 amide bonds. The molecule has 228 valence electrons. The highest BCUT2D eigenvalue weighted by Gasteiger charge is 2.24. The van der Waals surface area contributed by atoms with E-state index in [0.717, 1.165) is 59.7 Å². The number of alkyl carbamates (subject to hydrolysis) is 1. The van der Waals surface area contributed by atoms with E-state index in [2.05, 4.69) is 27.4 Å². The van der Waals surface area contributed by atoms with Crippen LogP contribution in [0, 0.1) is 0 Å². The summed E-state index contributed by atoms with van der Waals surface area (Å²) in [5.74, 6) is 0.678. The molecule has 6 rings (SSSR count). The van der Waals surface area contributed by atoms with Crippen LogP contribution < -0.4 is 15.5 Å². The molecular formula is C33H38N8O3. The van der Waals surface area contributed by atoms with E-state index in [1.807, 2.05) is 86.2 Å². The van der Waals surface area contributed by atoms with Crippen molar-refractivity contribution in [1.29, 1.82) is 0 Å². The molecule has 2 N–H and O–H groups in total. The smallest absolute Gasteiger partial charge is 0.407 e. The number of nitrogens with one attached hydrogen (secondary N) is 2. The minimum absolute atomic E-state index is 0.0783. The fourth-order valence-electron chi connectivity index (χ4n) is 5.68. The number of ether oxygens (including phenoxy) is 1. The molecule has 0 radical (unpaired) electrons. The Balaban J connectivity index is 1.17. The number of fused-ring (bicyclic) bond motifs is 2. The second-order valence-corrected chi connectivity index (χ2v) is 12.1. The monoisotopic (exact) mass is 594 g/mol. The number of nitrogens with zero attached hydrogens (tertiary/aromatic N) is 6. The summed E-state index contributed by atoms with van der Waals surface area (Å²) in [7, 11) is 0. The van der Waals surface area contributed by atoms with Crippen molar-refractivity contribution in [3.8, 4) is 0 Å². The van der Waals surface area contributed by atoms with Crippen LogP contribution in [0.5, 0.6) is 0 Å². The summed E-state index contributed by atoms with van der Waals surface area (Å²) in [6, 6.07) is 17.6. The predicted molar refractivity (Wildman–Crippen MR) is 170 cm³/mol. The molecule has 1 aliphatic rings. The van der Waals surface area contributed by atoms with Gasteiger partial charge in [-0.05, 0) is 76.4 Å². The van der Waals surface area contributed by atoms with Gasteiger partial charge in [0.05, 0.1) is 35.3 Å². The number of hydrogen-bond acceptors (Lipinski definition) is 7. The van der Waals surface area contributed by atoms with E-state index in [1.54, 1.807) is 10.6 Å². The topological polar surface area (TPSA) is 119 Å². The zero-order valence-corrected chi connectivity index (χ0v) is 25.6. The number of carbonyl (C=O) groups excluding carboxylic acids is 2. The number of pyridine rings is 2. The van der Waals surface area contributed by atoms with Gasteiger partial charge in [-0.15, -0.1) is 0 Å². The van der Waals surface area contributed by atoms with Crippen LogP contribution in [0.1, 0.15) is 62.4 Å². The number of benzene rings is 1. The molecule has 0 unspecified atom stereocenters. The van der Waals surface area contributed by atoms with Crippen LogP contribution >= 0.6 is 0 Å². The summed E-state index contributed by atoms with van der Waals surface area (Å²) in [6.07, 6.45) is 5.40. The first kappa shape index (κ1) is 29.2. The second-order valence-electron chi connectivity index (χ2n) is 12.1. The van der Waals surface area contributed by atoms with E-state index in [0.29, 0.717) is 24.3 Å². The van der Waals surface area contributed by atoms with Gasteiger partial charge in [0.25, 0.3) is 5.91 Å². The molecule has 1 fully saturated rings. The number of carbonyl (C=O) groups is 2. The highest BCUT2D eigenvalue weighted by molar-refractivity contribution is 6.08. The zero-order valence-electron chi connectivity index (χ0n) is 25.6. The molecule has 1 aliphatic heterocycles. The fraction of sp³-hybridized carbons (Fsp3) is 0.364. The van der Waals surface area contributed by atoms with E-state index in [1.165, 1.54) is 0 Å². The van der Waals surface area contributed by atoms with Crippen molar-refractivity contribution in [2.45, 2.75) is 65.1 Å². The first-order valence-corrected chi connectivity index (χ1v) is 15.1. The van der Waals surface area contributed by atoms with Gasteiger partial charge in [0, 0.05) is 30.7 Å². The molecular weight excluding hydrogens is 556 g/mol. The lowest BCUT2D eigenvalue weighted by atomic mass is 10.1. The largest absolute Gasteiger partial charge is 0.444 e. The lowest BCUT2D eigenvalue weighted by Gasteiger charge is -2.33. The number of imidazole rings is 1. The maximum atomic E-state index is 13.3. The van der Waals surface area contributed by atoms with Gasteiger partial charge in [0.1, 0.15) is 22.8 Å². The summed E-state index contributed by atoms with van der Waals surface area (Å²) < 4.78 is 9.15. The van der Waals surface area contributed by atoms with Gasteiger partial charge in [-0.2, -0.15) is 5.10 Å². The molecule has 11 nitrogen and oxygen atoms in total. The van der Waals surface area contributed by atoms with Crippen molar-refractivity contribution >= 4 is 40.1 Å². The van der Waals surface area contributed by atoms with Gasteiger partial charge in [0.2, 0.25) is 0 Å². The predicted octanol–water partition coefficient (Wildman–Crippen LogP) is 5.44. The maximum absolute atomic E-state index is 13.3. The third kappa shape index (κ3) is 6.22. The Hall–Kier alpha value is -4.93. The highest BCUT2D eigenvalue weighted by atomic mass is 16.6. The summed E-state index contributed by atoms with van der Waals surface area (Å²) in [5.41, 5.74) is 4.11. The number of piperidine rings is 1. The summed E-state index contributed by atoms with van der Waals surface area (Å²) in [6.45, 7) is 9.73. The number of aromatic nitrogens is 5. The van der Waals surface area contributed by atoms with Crippen LogP contribution in [0.4, 0.5) is 16.3 Å². The molecule has 0 saturated carbocycles. The molecule has 5 heterocycles.